The number of nitrogens with zero attached hydrogens (tertiary/aromatic N) is 4. The molecule has 2 aromatic carbocycles. The van der Waals surface area contributed by atoms with Gasteiger partial charge in [-0.1, -0.05) is 41.1 Å². The summed E-state index contributed by atoms with van der Waals surface area (Å²) in [5, 5.41) is 8.33. The molecule has 134 valence electrons. The fourth-order valence-corrected chi connectivity index (χ4v) is 2.59. The number of methoxy groups -OCH3 is 1. The topological polar surface area (TPSA) is 83.0 Å². The Morgan fingerprint density at radius 2 is 1.89 bits per heavy atom. The van der Waals surface area contributed by atoms with Gasteiger partial charge in [-0.2, -0.15) is 10.1 Å². The molecular formula is C20H16N4O3. The molecule has 0 aliphatic carbocycles. The molecular weight excluding hydrogens is 344 g/mol. The summed E-state index contributed by atoms with van der Waals surface area (Å²) in [6, 6.07) is 16.5. The van der Waals surface area contributed by atoms with Gasteiger partial charge in [0.15, 0.2) is 5.69 Å². The lowest BCUT2D eigenvalue weighted by Crippen LogP contribution is -2.12. The van der Waals surface area contributed by atoms with Crippen LogP contribution in [-0.4, -0.2) is 27.0 Å². The van der Waals surface area contributed by atoms with Gasteiger partial charge >= 0.3 is 0 Å². The Labute approximate surface area is 154 Å². The number of hydrogen-bond donors (Lipinski definition) is 0. The van der Waals surface area contributed by atoms with Crippen LogP contribution in [0.5, 0.6) is 5.75 Å². The van der Waals surface area contributed by atoms with E-state index in [4.69, 9.17) is 9.26 Å². The van der Waals surface area contributed by atoms with Gasteiger partial charge in [-0.25, -0.2) is 4.68 Å². The van der Waals surface area contributed by atoms with Crippen LogP contribution in [0.15, 0.2) is 70.1 Å². The summed E-state index contributed by atoms with van der Waals surface area (Å²) < 4.78 is 12.1. The van der Waals surface area contributed by atoms with E-state index in [0.717, 1.165) is 16.8 Å². The van der Waals surface area contributed by atoms with Crippen molar-refractivity contribution in [3.05, 3.63) is 76.6 Å². The van der Waals surface area contributed by atoms with Crippen molar-refractivity contribution >= 4 is 0 Å². The Morgan fingerprint density at radius 3 is 2.67 bits per heavy atom. The third kappa shape index (κ3) is 3.35. The Bertz CT molecular complexity index is 1150. The average molecular weight is 360 g/mol. The molecule has 2 aromatic heterocycles. The van der Waals surface area contributed by atoms with Gasteiger partial charge in [-0.15, -0.1) is 0 Å². The van der Waals surface area contributed by atoms with Crippen molar-refractivity contribution in [3.8, 4) is 34.4 Å². The van der Waals surface area contributed by atoms with E-state index in [1.807, 2.05) is 55.5 Å². The first kappa shape index (κ1) is 16.7. The zero-order valence-corrected chi connectivity index (χ0v) is 14.8. The number of aryl methyl sites for hydroxylation is 1. The van der Waals surface area contributed by atoms with E-state index in [1.165, 1.54) is 6.07 Å². The molecule has 4 rings (SSSR count). The van der Waals surface area contributed by atoms with Gasteiger partial charge in [0.2, 0.25) is 11.3 Å². The summed E-state index contributed by atoms with van der Waals surface area (Å²) in [7, 11) is 1.59. The number of ether oxygens (including phenoxy) is 1. The van der Waals surface area contributed by atoms with Crippen molar-refractivity contribution in [2.75, 3.05) is 7.11 Å². The van der Waals surface area contributed by atoms with Gasteiger partial charge in [0.25, 0.3) is 5.89 Å². The number of aromatic nitrogens is 4. The number of rotatable bonds is 4. The first-order valence-corrected chi connectivity index (χ1v) is 8.29. The molecule has 4 aromatic rings. The first-order chi connectivity index (χ1) is 13.1. The minimum Gasteiger partial charge on any atom is -0.497 e. The second kappa shape index (κ2) is 6.87. The second-order valence-electron chi connectivity index (χ2n) is 5.96. The highest BCUT2D eigenvalue weighted by atomic mass is 16.5. The number of benzene rings is 2. The maximum absolute atomic E-state index is 12.3. The van der Waals surface area contributed by atoms with E-state index in [-0.39, 0.29) is 17.0 Å². The molecule has 0 saturated heterocycles. The van der Waals surface area contributed by atoms with Crippen LogP contribution in [0, 0.1) is 6.92 Å². The minimum absolute atomic E-state index is 0.0767. The third-order valence-electron chi connectivity index (χ3n) is 4.06. The maximum atomic E-state index is 12.3. The highest BCUT2D eigenvalue weighted by molar-refractivity contribution is 5.58. The van der Waals surface area contributed by atoms with Gasteiger partial charge in [-0.05, 0) is 19.1 Å². The van der Waals surface area contributed by atoms with E-state index in [2.05, 4.69) is 15.2 Å². The van der Waals surface area contributed by atoms with E-state index in [0.29, 0.717) is 11.6 Å². The lowest BCUT2D eigenvalue weighted by molar-refractivity contribution is 0.414. The van der Waals surface area contributed by atoms with Crippen molar-refractivity contribution < 1.29 is 9.26 Å². The summed E-state index contributed by atoms with van der Waals surface area (Å²) in [4.78, 5) is 16.6. The summed E-state index contributed by atoms with van der Waals surface area (Å²) >= 11 is 0. The molecule has 0 bridgehead atoms. The molecule has 0 saturated carbocycles. The molecule has 27 heavy (non-hydrogen) atoms. The van der Waals surface area contributed by atoms with Crippen LogP contribution < -0.4 is 10.2 Å². The van der Waals surface area contributed by atoms with Crippen LogP contribution in [0.25, 0.3) is 28.7 Å². The van der Waals surface area contributed by atoms with Crippen LogP contribution in [0.2, 0.25) is 0 Å². The van der Waals surface area contributed by atoms with Crippen LogP contribution in [0.3, 0.4) is 0 Å². The highest BCUT2D eigenvalue weighted by Crippen LogP contribution is 2.20. The summed E-state index contributed by atoms with van der Waals surface area (Å²) in [6.07, 6.45) is 1.58. The molecule has 0 aliphatic heterocycles. The average Bonchev–Trinajstić information content (AvgIpc) is 3.19. The molecule has 0 unspecified atom stereocenters. The van der Waals surface area contributed by atoms with Crippen molar-refractivity contribution in [2.24, 2.45) is 0 Å². The molecule has 0 aliphatic rings. The fourth-order valence-electron chi connectivity index (χ4n) is 2.59. The SMILES string of the molecule is COc1cccc(-n2ccc(=O)c(-c3nc(-c4ccc(C)cc4)no3)n2)c1. The van der Waals surface area contributed by atoms with Crippen LogP contribution in [-0.2, 0) is 0 Å². The van der Waals surface area contributed by atoms with Crippen LogP contribution in [0.1, 0.15) is 5.56 Å². The van der Waals surface area contributed by atoms with E-state index < -0.39 is 0 Å². The monoisotopic (exact) mass is 360 g/mol. The zero-order chi connectivity index (χ0) is 18.8. The fraction of sp³-hybridized carbons (Fsp3) is 0.100. The van der Waals surface area contributed by atoms with Crippen LogP contribution in [0.4, 0.5) is 0 Å². The van der Waals surface area contributed by atoms with Crippen molar-refractivity contribution in [1.82, 2.24) is 19.9 Å². The van der Waals surface area contributed by atoms with Crippen molar-refractivity contribution in [1.29, 1.82) is 0 Å². The second-order valence-corrected chi connectivity index (χ2v) is 5.96. The van der Waals surface area contributed by atoms with Gasteiger partial charge in [-0.3, -0.25) is 4.79 Å². The normalized spacial score (nSPS) is 10.7. The Hall–Kier alpha value is -3.74. The summed E-state index contributed by atoms with van der Waals surface area (Å²) in [5.74, 6) is 1.17. The Morgan fingerprint density at radius 1 is 1.07 bits per heavy atom. The molecule has 0 atom stereocenters. The molecule has 0 spiro atoms. The molecule has 0 N–H and O–H groups in total. The number of hydrogen-bond acceptors (Lipinski definition) is 6. The highest BCUT2D eigenvalue weighted by Gasteiger charge is 2.16. The predicted molar refractivity (Wildman–Crippen MR) is 99.9 cm³/mol. The molecule has 7 nitrogen and oxygen atoms in total. The molecule has 0 fully saturated rings. The lowest BCUT2D eigenvalue weighted by Gasteiger charge is -2.07. The minimum atomic E-state index is -0.298. The quantitative estimate of drug-likeness (QED) is 0.555. The third-order valence-corrected chi connectivity index (χ3v) is 4.06. The first-order valence-electron chi connectivity index (χ1n) is 8.29. The largest absolute Gasteiger partial charge is 0.497 e. The van der Waals surface area contributed by atoms with Gasteiger partial charge < -0.3 is 9.26 Å². The molecule has 7 heteroatoms. The summed E-state index contributed by atoms with van der Waals surface area (Å²) in [5.41, 5.74) is 2.47. The Balaban J connectivity index is 1.74. The smallest absolute Gasteiger partial charge is 0.282 e. The Kier molecular flexibility index (Phi) is 4.25. The lowest BCUT2D eigenvalue weighted by atomic mass is 10.1. The van der Waals surface area contributed by atoms with Gasteiger partial charge in [0.1, 0.15) is 5.75 Å². The molecule has 2 heterocycles. The van der Waals surface area contributed by atoms with E-state index >= 15 is 0 Å². The van der Waals surface area contributed by atoms with Crippen molar-refractivity contribution in [2.45, 2.75) is 6.92 Å². The maximum Gasteiger partial charge on any atom is 0.282 e. The van der Waals surface area contributed by atoms with E-state index in [9.17, 15) is 4.79 Å². The van der Waals surface area contributed by atoms with Gasteiger partial charge in [0.05, 0.1) is 12.8 Å². The predicted octanol–water partition coefficient (Wildman–Crippen LogP) is 3.27. The molecule has 0 amide bonds. The van der Waals surface area contributed by atoms with Crippen LogP contribution >= 0.6 is 0 Å². The van der Waals surface area contributed by atoms with Gasteiger partial charge in [0, 0.05) is 23.9 Å². The standard InChI is InChI=1S/C20H16N4O3/c1-13-6-8-14(9-7-13)19-21-20(27-23-19)18-17(25)10-11-24(22-18)15-4-3-5-16(12-15)26-2/h3-12H,1-2H3. The molecule has 0 radical (unpaired) electrons. The van der Waals surface area contributed by atoms with E-state index in [1.54, 1.807) is 18.0 Å². The van der Waals surface area contributed by atoms with Crippen molar-refractivity contribution in [3.63, 3.8) is 0 Å². The summed E-state index contributed by atoms with van der Waals surface area (Å²) in [6.45, 7) is 2.00. The zero-order valence-electron chi connectivity index (χ0n) is 14.8.